The first-order valence-electron chi connectivity index (χ1n) is 6.29. The van der Waals surface area contributed by atoms with Crippen LogP contribution in [0.1, 0.15) is 47.7 Å². The van der Waals surface area contributed by atoms with Crippen LogP contribution in [0, 0.1) is 13.8 Å². The van der Waals surface area contributed by atoms with Crippen molar-refractivity contribution in [3.8, 4) is 0 Å². The fraction of sp³-hybridized carbons (Fsp3) is 0.533. The summed E-state index contributed by atoms with van der Waals surface area (Å²) in [6.45, 7) is 6.66. The van der Waals surface area contributed by atoms with E-state index in [-0.39, 0.29) is 5.78 Å². The Bertz CT molecular complexity index is 429. The molecule has 1 saturated heterocycles. The predicted molar refractivity (Wildman–Crippen MR) is 68.5 cm³/mol. The number of aryl methyl sites for hydroxylation is 2. The van der Waals surface area contributed by atoms with Crippen molar-refractivity contribution in [3.05, 3.63) is 34.9 Å². The highest BCUT2D eigenvalue weighted by Gasteiger charge is 2.36. The number of carbonyl (C=O) groups excluding carboxylic acids is 1. The van der Waals surface area contributed by atoms with Crippen molar-refractivity contribution >= 4 is 5.78 Å². The van der Waals surface area contributed by atoms with Crippen molar-refractivity contribution in [2.75, 3.05) is 6.61 Å². The zero-order valence-electron chi connectivity index (χ0n) is 10.9. The van der Waals surface area contributed by atoms with Crippen LogP contribution in [0.2, 0.25) is 0 Å². The van der Waals surface area contributed by atoms with Crippen molar-refractivity contribution in [2.45, 2.75) is 45.6 Å². The average Bonchev–Trinajstić information content (AvgIpc) is 2.29. The maximum absolute atomic E-state index is 12.5. The van der Waals surface area contributed by atoms with E-state index in [0.29, 0.717) is 6.61 Å². The Morgan fingerprint density at radius 2 is 2.06 bits per heavy atom. The van der Waals surface area contributed by atoms with Crippen molar-refractivity contribution < 1.29 is 9.53 Å². The number of ether oxygens (including phenoxy) is 1. The van der Waals surface area contributed by atoms with Crippen LogP contribution >= 0.6 is 0 Å². The molecule has 2 nitrogen and oxygen atoms in total. The van der Waals surface area contributed by atoms with Gasteiger partial charge < -0.3 is 4.74 Å². The number of Topliss-reactive ketones (excluding diaryl/α,β-unsaturated/α-hetero) is 1. The molecule has 1 heterocycles. The molecule has 0 saturated carbocycles. The summed E-state index contributed by atoms with van der Waals surface area (Å²) < 4.78 is 5.72. The van der Waals surface area contributed by atoms with Crippen LogP contribution < -0.4 is 0 Å². The molecule has 0 amide bonds. The number of hydrogen-bond acceptors (Lipinski definition) is 2. The van der Waals surface area contributed by atoms with Crippen LogP contribution in [-0.2, 0) is 4.74 Å². The van der Waals surface area contributed by atoms with Gasteiger partial charge in [-0.1, -0.05) is 23.8 Å². The van der Waals surface area contributed by atoms with E-state index in [1.807, 2.05) is 32.9 Å². The zero-order valence-corrected chi connectivity index (χ0v) is 10.9. The second-order valence-corrected chi connectivity index (χ2v) is 5.18. The van der Waals surface area contributed by atoms with Crippen LogP contribution in [0.3, 0.4) is 0 Å². The lowest BCUT2D eigenvalue weighted by molar-refractivity contribution is -0.0426. The Morgan fingerprint density at radius 1 is 1.29 bits per heavy atom. The molecular weight excluding hydrogens is 212 g/mol. The van der Waals surface area contributed by atoms with Gasteiger partial charge in [0.1, 0.15) is 5.60 Å². The maximum atomic E-state index is 12.5. The van der Waals surface area contributed by atoms with E-state index in [1.165, 1.54) is 5.56 Å². The first-order chi connectivity index (χ1) is 8.03. The molecule has 0 radical (unpaired) electrons. The highest BCUT2D eigenvalue weighted by molar-refractivity contribution is 6.03. The van der Waals surface area contributed by atoms with Crippen molar-refractivity contribution in [2.24, 2.45) is 0 Å². The van der Waals surface area contributed by atoms with Gasteiger partial charge in [-0.05, 0) is 45.6 Å². The lowest BCUT2D eigenvalue weighted by atomic mass is 9.86. The Labute approximate surface area is 103 Å². The average molecular weight is 232 g/mol. The summed E-state index contributed by atoms with van der Waals surface area (Å²) >= 11 is 0. The smallest absolute Gasteiger partial charge is 0.194 e. The number of rotatable bonds is 2. The number of ketones is 1. The van der Waals surface area contributed by atoms with Gasteiger partial charge >= 0.3 is 0 Å². The topological polar surface area (TPSA) is 26.3 Å². The van der Waals surface area contributed by atoms with Crippen molar-refractivity contribution in [1.29, 1.82) is 0 Å². The molecule has 2 heteroatoms. The molecule has 0 aromatic heterocycles. The van der Waals surface area contributed by atoms with E-state index in [4.69, 9.17) is 4.74 Å². The summed E-state index contributed by atoms with van der Waals surface area (Å²) in [5, 5.41) is 0. The third-order valence-corrected chi connectivity index (χ3v) is 3.58. The zero-order chi connectivity index (χ0) is 12.5. The summed E-state index contributed by atoms with van der Waals surface area (Å²) in [4.78, 5) is 12.5. The summed E-state index contributed by atoms with van der Waals surface area (Å²) in [6, 6.07) is 5.97. The van der Waals surface area contributed by atoms with E-state index >= 15 is 0 Å². The number of benzene rings is 1. The molecule has 0 N–H and O–H groups in total. The van der Waals surface area contributed by atoms with E-state index in [2.05, 4.69) is 6.07 Å². The predicted octanol–water partition coefficient (Wildman–Crippen LogP) is 3.45. The molecule has 1 aromatic carbocycles. The quantitative estimate of drug-likeness (QED) is 0.730. The van der Waals surface area contributed by atoms with Gasteiger partial charge in [-0.3, -0.25) is 4.79 Å². The Hall–Kier alpha value is -1.15. The number of hydrogen-bond donors (Lipinski definition) is 0. The molecule has 0 aliphatic carbocycles. The summed E-state index contributed by atoms with van der Waals surface area (Å²) in [6.07, 6.45) is 2.97. The monoisotopic (exact) mass is 232 g/mol. The van der Waals surface area contributed by atoms with Gasteiger partial charge in [0.05, 0.1) is 0 Å². The minimum absolute atomic E-state index is 0.134. The van der Waals surface area contributed by atoms with Crippen LogP contribution in [-0.4, -0.2) is 18.0 Å². The Balaban J connectivity index is 2.30. The second kappa shape index (κ2) is 4.61. The van der Waals surface area contributed by atoms with Gasteiger partial charge in [-0.25, -0.2) is 0 Å². The fourth-order valence-electron chi connectivity index (χ4n) is 2.47. The van der Waals surface area contributed by atoms with Crippen molar-refractivity contribution in [3.63, 3.8) is 0 Å². The standard InChI is InChI=1S/C15H20O2/c1-11-6-7-13(12(2)10-11)14(16)15(3)8-4-5-9-17-15/h6-7,10H,4-5,8-9H2,1-3H3. The molecule has 1 atom stereocenters. The molecule has 92 valence electrons. The van der Waals surface area contributed by atoms with E-state index < -0.39 is 5.60 Å². The molecule has 1 aromatic rings. The molecule has 1 fully saturated rings. The molecule has 1 unspecified atom stereocenters. The lowest BCUT2D eigenvalue weighted by Gasteiger charge is -2.32. The van der Waals surface area contributed by atoms with Gasteiger partial charge in [-0.15, -0.1) is 0 Å². The van der Waals surface area contributed by atoms with Gasteiger partial charge in [0.25, 0.3) is 0 Å². The van der Waals surface area contributed by atoms with Gasteiger partial charge in [0.15, 0.2) is 5.78 Å². The highest BCUT2D eigenvalue weighted by atomic mass is 16.5. The van der Waals surface area contributed by atoms with Crippen LogP contribution in [0.4, 0.5) is 0 Å². The lowest BCUT2D eigenvalue weighted by Crippen LogP contribution is -2.41. The molecule has 2 rings (SSSR count). The Morgan fingerprint density at radius 3 is 2.65 bits per heavy atom. The summed E-state index contributed by atoms with van der Waals surface area (Å²) in [7, 11) is 0. The number of carbonyl (C=O) groups is 1. The van der Waals surface area contributed by atoms with E-state index in [9.17, 15) is 4.79 Å². The normalized spacial score (nSPS) is 24.6. The molecule has 0 spiro atoms. The van der Waals surface area contributed by atoms with Gasteiger partial charge in [0, 0.05) is 12.2 Å². The highest BCUT2D eigenvalue weighted by Crippen LogP contribution is 2.29. The van der Waals surface area contributed by atoms with Crippen LogP contribution in [0.5, 0.6) is 0 Å². The molecule has 1 aliphatic heterocycles. The maximum Gasteiger partial charge on any atom is 0.194 e. The first-order valence-corrected chi connectivity index (χ1v) is 6.29. The second-order valence-electron chi connectivity index (χ2n) is 5.18. The fourth-order valence-corrected chi connectivity index (χ4v) is 2.47. The minimum Gasteiger partial charge on any atom is -0.367 e. The van der Waals surface area contributed by atoms with Crippen LogP contribution in [0.15, 0.2) is 18.2 Å². The molecular formula is C15H20O2. The summed E-state index contributed by atoms with van der Waals surface area (Å²) in [5.74, 6) is 0.134. The minimum atomic E-state index is -0.613. The summed E-state index contributed by atoms with van der Waals surface area (Å²) in [5.41, 5.74) is 2.43. The molecule has 1 aliphatic rings. The van der Waals surface area contributed by atoms with Crippen molar-refractivity contribution in [1.82, 2.24) is 0 Å². The van der Waals surface area contributed by atoms with E-state index in [1.54, 1.807) is 0 Å². The van der Waals surface area contributed by atoms with E-state index in [0.717, 1.165) is 30.4 Å². The first kappa shape index (κ1) is 12.3. The third kappa shape index (κ3) is 2.42. The molecule has 17 heavy (non-hydrogen) atoms. The Kier molecular flexibility index (Phi) is 3.34. The SMILES string of the molecule is Cc1ccc(C(=O)C2(C)CCCCO2)c(C)c1. The van der Waals surface area contributed by atoms with Gasteiger partial charge in [0.2, 0.25) is 0 Å². The van der Waals surface area contributed by atoms with Crippen LogP contribution in [0.25, 0.3) is 0 Å². The van der Waals surface area contributed by atoms with Gasteiger partial charge in [-0.2, -0.15) is 0 Å². The molecule has 0 bridgehead atoms. The third-order valence-electron chi connectivity index (χ3n) is 3.58. The largest absolute Gasteiger partial charge is 0.367 e.